The molecule has 1 saturated heterocycles. The van der Waals surface area contributed by atoms with Gasteiger partial charge in [-0.05, 0) is 42.4 Å². The monoisotopic (exact) mass is 444 g/mol. The lowest BCUT2D eigenvalue weighted by atomic mass is 9.81. The molecule has 162 valence electrons. The Balaban J connectivity index is 1.36. The predicted octanol–water partition coefficient (Wildman–Crippen LogP) is 4.70. The Bertz CT molecular complexity index is 1290. The van der Waals surface area contributed by atoms with Crippen molar-refractivity contribution in [2.24, 2.45) is 5.92 Å². The van der Waals surface area contributed by atoms with Gasteiger partial charge in [-0.1, -0.05) is 43.3 Å². The molecule has 6 nitrogen and oxygen atoms in total. The maximum absolute atomic E-state index is 13.3. The molecule has 1 aromatic carbocycles. The number of H-pyrrole nitrogens is 1. The van der Waals surface area contributed by atoms with Crippen LogP contribution in [0.1, 0.15) is 41.6 Å². The van der Waals surface area contributed by atoms with Crippen LogP contribution in [0.25, 0.3) is 21.7 Å². The number of likely N-dealkylation sites (tertiary alicyclic amines) is 1. The molecule has 1 atom stereocenters. The van der Waals surface area contributed by atoms with Crippen LogP contribution in [-0.2, 0) is 0 Å². The zero-order valence-corrected chi connectivity index (χ0v) is 18.6. The second-order valence-electron chi connectivity index (χ2n) is 8.29. The molecule has 1 unspecified atom stereocenters. The number of nitrogens with one attached hydrogen (secondary N) is 1. The van der Waals surface area contributed by atoms with Crippen LogP contribution in [0.4, 0.5) is 0 Å². The second kappa shape index (κ2) is 8.67. The summed E-state index contributed by atoms with van der Waals surface area (Å²) in [6, 6.07) is 16.0. The standard InChI is InChI=1S/C25H24N4O2S/c1-16(17-7-3-2-4-8-17)18-10-13-29(14-11-18)25(31)19-15-32-22-21(19)27-23(28-24(22)30)20-9-5-6-12-26-20/h2-9,12,15-16,18H,10-11,13-14H2,1H3,(H,27,28,30). The Morgan fingerprint density at radius 1 is 1.12 bits per heavy atom. The summed E-state index contributed by atoms with van der Waals surface area (Å²) in [5, 5.41) is 1.76. The number of piperidine rings is 1. The first-order valence-corrected chi connectivity index (χ1v) is 11.8. The maximum atomic E-state index is 13.3. The summed E-state index contributed by atoms with van der Waals surface area (Å²) in [5.41, 5.74) is 2.65. The summed E-state index contributed by atoms with van der Waals surface area (Å²) in [6.07, 6.45) is 3.59. The van der Waals surface area contributed by atoms with Gasteiger partial charge in [-0.2, -0.15) is 0 Å². The van der Waals surface area contributed by atoms with E-state index >= 15 is 0 Å². The van der Waals surface area contributed by atoms with Gasteiger partial charge in [-0.25, -0.2) is 4.98 Å². The summed E-state index contributed by atoms with van der Waals surface area (Å²) in [4.78, 5) is 39.5. The Morgan fingerprint density at radius 2 is 1.88 bits per heavy atom. The largest absolute Gasteiger partial charge is 0.339 e. The van der Waals surface area contributed by atoms with Crippen molar-refractivity contribution in [3.8, 4) is 11.5 Å². The topological polar surface area (TPSA) is 79.0 Å². The summed E-state index contributed by atoms with van der Waals surface area (Å²) in [5.74, 6) is 1.35. The third-order valence-corrected chi connectivity index (χ3v) is 7.39. The predicted molar refractivity (Wildman–Crippen MR) is 127 cm³/mol. The average molecular weight is 445 g/mol. The van der Waals surface area contributed by atoms with E-state index in [1.54, 1.807) is 17.6 Å². The zero-order chi connectivity index (χ0) is 22.1. The lowest BCUT2D eigenvalue weighted by Crippen LogP contribution is -2.39. The Labute approximate surface area is 190 Å². The number of hydrogen-bond acceptors (Lipinski definition) is 5. The molecule has 1 aliphatic heterocycles. The number of benzene rings is 1. The van der Waals surface area contributed by atoms with E-state index in [0.717, 1.165) is 12.8 Å². The fourth-order valence-electron chi connectivity index (χ4n) is 4.51. The van der Waals surface area contributed by atoms with Crippen molar-refractivity contribution in [3.63, 3.8) is 0 Å². The smallest absolute Gasteiger partial charge is 0.269 e. The summed E-state index contributed by atoms with van der Waals surface area (Å²) in [6.45, 7) is 3.71. The first kappa shape index (κ1) is 20.6. The molecule has 0 spiro atoms. The molecule has 1 amide bonds. The quantitative estimate of drug-likeness (QED) is 0.495. The van der Waals surface area contributed by atoms with Gasteiger partial charge in [0.15, 0.2) is 5.82 Å². The number of aromatic amines is 1. The van der Waals surface area contributed by atoms with Gasteiger partial charge in [0, 0.05) is 24.7 Å². The van der Waals surface area contributed by atoms with E-state index in [9.17, 15) is 9.59 Å². The fourth-order valence-corrected chi connectivity index (χ4v) is 5.38. The fraction of sp³-hybridized carbons (Fsp3) is 0.280. The lowest BCUT2D eigenvalue weighted by Gasteiger charge is -2.35. The number of rotatable bonds is 4. The number of carbonyl (C=O) groups is 1. The number of amides is 1. The first-order valence-electron chi connectivity index (χ1n) is 10.9. The van der Waals surface area contributed by atoms with Crippen LogP contribution in [0.15, 0.2) is 64.9 Å². The third-order valence-electron chi connectivity index (χ3n) is 6.42. The molecule has 1 N–H and O–H groups in total. The average Bonchev–Trinajstić information content (AvgIpc) is 3.29. The summed E-state index contributed by atoms with van der Waals surface area (Å²) in [7, 11) is 0. The molecule has 1 aliphatic rings. The highest BCUT2D eigenvalue weighted by Crippen LogP contribution is 2.33. The van der Waals surface area contributed by atoms with Crippen LogP contribution < -0.4 is 5.56 Å². The number of carbonyl (C=O) groups excluding carboxylic acids is 1. The van der Waals surface area contributed by atoms with Crippen molar-refractivity contribution in [1.82, 2.24) is 19.9 Å². The van der Waals surface area contributed by atoms with Gasteiger partial charge in [0.05, 0.1) is 5.56 Å². The Hall–Kier alpha value is -3.32. The number of hydrogen-bond donors (Lipinski definition) is 1. The van der Waals surface area contributed by atoms with Crippen LogP contribution in [0.2, 0.25) is 0 Å². The van der Waals surface area contributed by atoms with Crippen LogP contribution in [0.3, 0.4) is 0 Å². The number of aromatic nitrogens is 3. The molecule has 1 fully saturated rings. The number of thiophene rings is 1. The van der Waals surface area contributed by atoms with Gasteiger partial charge in [0.1, 0.15) is 15.9 Å². The molecule has 0 aliphatic carbocycles. The Morgan fingerprint density at radius 3 is 2.59 bits per heavy atom. The van der Waals surface area contributed by atoms with Crippen LogP contribution >= 0.6 is 11.3 Å². The van der Waals surface area contributed by atoms with E-state index in [4.69, 9.17) is 0 Å². The molecule has 0 radical (unpaired) electrons. The van der Waals surface area contributed by atoms with Gasteiger partial charge in [-0.15, -0.1) is 11.3 Å². The van der Waals surface area contributed by atoms with E-state index < -0.39 is 0 Å². The minimum Gasteiger partial charge on any atom is -0.339 e. The first-order chi connectivity index (χ1) is 15.6. The minimum absolute atomic E-state index is 0.0489. The highest BCUT2D eigenvalue weighted by molar-refractivity contribution is 7.17. The molecule has 5 rings (SSSR count). The number of fused-ring (bicyclic) bond motifs is 1. The number of nitrogens with zero attached hydrogens (tertiary/aromatic N) is 3. The van der Waals surface area contributed by atoms with Crippen molar-refractivity contribution in [2.45, 2.75) is 25.7 Å². The van der Waals surface area contributed by atoms with Crippen molar-refractivity contribution in [1.29, 1.82) is 0 Å². The maximum Gasteiger partial charge on any atom is 0.269 e. The van der Waals surface area contributed by atoms with Gasteiger partial charge in [-0.3, -0.25) is 14.6 Å². The molecular formula is C25H24N4O2S. The normalized spacial score (nSPS) is 15.7. The second-order valence-corrected chi connectivity index (χ2v) is 9.17. The van der Waals surface area contributed by atoms with Crippen LogP contribution in [-0.4, -0.2) is 38.8 Å². The zero-order valence-electron chi connectivity index (χ0n) is 17.8. The van der Waals surface area contributed by atoms with E-state index in [1.165, 1.54) is 16.9 Å². The van der Waals surface area contributed by atoms with E-state index in [-0.39, 0.29) is 11.5 Å². The van der Waals surface area contributed by atoms with Gasteiger partial charge in [0.25, 0.3) is 11.5 Å². The van der Waals surface area contributed by atoms with E-state index in [0.29, 0.717) is 52.2 Å². The molecule has 0 saturated carbocycles. The highest BCUT2D eigenvalue weighted by atomic mass is 32.1. The number of pyridine rings is 1. The molecule has 0 bridgehead atoms. The molecule has 4 aromatic rings. The van der Waals surface area contributed by atoms with E-state index in [2.05, 4.69) is 46.1 Å². The highest BCUT2D eigenvalue weighted by Gasteiger charge is 2.29. The van der Waals surface area contributed by atoms with Gasteiger partial charge in [0.2, 0.25) is 0 Å². The molecule has 3 aromatic heterocycles. The SMILES string of the molecule is CC(c1ccccc1)C1CCN(C(=O)c2csc3c(=O)[nH]c(-c4ccccn4)nc23)CC1. The summed E-state index contributed by atoms with van der Waals surface area (Å²) >= 11 is 1.27. The van der Waals surface area contributed by atoms with Gasteiger partial charge < -0.3 is 9.88 Å². The minimum atomic E-state index is -0.241. The molecule has 7 heteroatoms. The van der Waals surface area contributed by atoms with Gasteiger partial charge >= 0.3 is 0 Å². The lowest BCUT2D eigenvalue weighted by molar-refractivity contribution is 0.0682. The van der Waals surface area contributed by atoms with Crippen molar-refractivity contribution >= 4 is 27.5 Å². The third kappa shape index (κ3) is 3.84. The van der Waals surface area contributed by atoms with Crippen molar-refractivity contribution < 1.29 is 4.79 Å². The van der Waals surface area contributed by atoms with Crippen molar-refractivity contribution in [2.75, 3.05) is 13.1 Å². The Kier molecular flexibility index (Phi) is 5.57. The molecular weight excluding hydrogens is 420 g/mol. The molecule has 32 heavy (non-hydrogen) atoms. The van der Waals surface area contributed by atoms with Crippen LogP contribution in [0, 0.1) is 5.92 Å². The summed E-state index contributed by atoms with van der Waals surface area (Å²) < 4.78 is 0.473. The van der Waals surface area contributed by atoms with Crippen molar-refractivity contribution in [3.05, 3.63) is 81.6 Å². The van der Waals surface area contributed by atoms with E-state index in [1.807, 2.05) is 23.1 Å². The molecule has 4 heterocycles. The van der Waals surface area contributed by atoms with Crippen LogP contribution in [0.5, 0.6) is 0 Å².